The first-order valence-electron chi connectivity index (χ1n) is 8.67. The summed E-state index contributed by atoms with van der Waals surface area (Å²) in [7, 11) is 1.94. The van der Waals surface area contributed by atoms with E-state index in [2.05, 4.69) is 28.6 Å². The molecule has 6 heteroatoms. The molecule has 5 nitrogen and oxygen atoms in total. The Morgan fingerprint density at radius 2 is 2.27 bits per heavy atom. The second-order valence-corrected chi connectivity index (χ2v) is 7.70. The summed E-state index contributed by atoms with van der Waals surface area (Å²) in [4.78, 5) is 21.2. The lowest BCUT2D eigenvalue weighted by Gasteiger charge is -2.21. The molecule has 0 aliphatic carbocycles. The molecule has 0 bridgehead atoms. The molecule has 0 radical (unpaired) electrons. The lowest BCUT2D eigenvalue weighted by atomic mass is 10.1. The number of likely N-dealkylation sites (N-methyl/N-ethyl adjacent to an activating group) is 1. The van der Waals surface area contributed by atoms with Gasteiger partial charge < -0.3 is 9.32 Å². The van der Waals surface area contributed by atoms with Gasteiger partial charge in [-0.05, 0) is 50.2 Å². The van der Waals surface area contributed by atoms with Crippen molar-refractivity contribution in [1.29, 1.82) is 0 Å². The Bertz CT molecular complexity index is 917. The van der Waals surface area contributed by atoms with Crippen molar-refractivity contribution >= 4 is 22.9 Å². The van der Waals surface area contributed by atoms with E-state index in [1.807, 2.05) is 35.9 Å². The second-order valence-electron chi connectivity index (χ2n) is 6.64. The molecule has 0 fully saturated rings. The zero-order valence-electron chi connectivity index (χ0n) is 14.9. The van der Waals surface area contributed by atoms with Gasteiger partial charge in [0.1, 0.15) is 5.76 Å². The average molecular weight is 367 g/mol. The van der Waals surface area contributed by atoms with Gasteiger partial charge in [0.05, 0.1) is 30.1 Å². The first-order valence-corrected chi connectivity index (χ1v) is 9.55. The van der Waals surface area contributed by atoms with Gasteiger partial charge in [0, 0.05) is 23.2 Å². The lowest BCUT2D eigenvalue weighted by molar-refractivity contribution is -0.119. The Hall–Kier alpha value is -2.44. The molecule has 2 aromatic heterocycles. The molecular weight excluding hydrogens is 346 g/mol. The maximum absolute atomic E-state index is 12.7. The number of aromatic nitrogens is 1. The van der Waals surface area contributed by atoms with Crippen molar-refractivity contribution < 1.29 is 9.21 Å². The number of nitrogens with zero attached hydrogens (tertiary/aromatic N) is 3. The first-order chi connectivity index (χ1) is 12.6. The molecule has 3 aromatic rings. The average Bonchev–Trinajstić information content (AvgIpc) is 3.34. The van der Waals surface area contributed by atoms with Crippen LogP contribution in [0.15, 0.2) is 46.4 Å². The quantitative estimate of drug-likeness (QED) is 0.689. The zero-order chi connectivity index (χ0) is 18.1. The van der Waals surface area contributed by atoms with Crippen LogP contribution in [0, 0.1) is 6.92 Å². The zero-order valence-corrected chi connectivity index (χ0v) is 15.8. The van der Waals surface area contributed by atoms with E-state index in [0.29, 0.717) is 13.1 Å². The van der Waals surface area contributed by atoms with Crippen LogP contribution >= 0.6 is 11.3 Å². The van der Waals surface area contributed by atoms with Gasteiger partial charge in [-0.3, -0.25) is 9.69 Å². The molecule has 4 rings (SSSR count). The van der Waals surface area contributed by atoms with Crippen molar-refractivity contribution in [3.63, 3.8) is 0 Å². The van der Waals surface area contributed by atoms with E-state index in [-0.39, 0.29) is 5.91 Å². The number of fused-ring (bicyclic) bond motifs is 1. The van der Waals surface area contributed by atoms with Crippen LogP contribution in [-0.4, -0.2) is 35.9 Å². The molecular formula is C20H21N3O2S. The number of rotatable bonds is 5. The number of hydrogen-bond acceptors (Lipinski definition) is 5. The normalized spacial score (nSPS) is 13.4. The van der Waals surface area contributed by atoms with Crippen LogP contribution in [0.4, 0.5) is 5.69 Å². The van der Waals surface area contributed by atoms with Gasteiger partial charge in [0.2, 0.25) is 5.91 Å². The third kappa shape index (κ3) is 3.43. The molecule has 0 unspecified atom stereocenters. The summed E-state index contributed by atoms with van der Waals surface area (Å²) in [6.45, 7) is 3.75. The smallest absolute Gasteiger partial charge is 0.241 e. The molecule has 1 aliphatic rings. The standard InChI is InChI=1S/C20H21N3O2S/c1-14-21-18(13-26-14)15-5-6-19-16(10-15)7-8-23(19)20(24)12-22(2)11-17-4-3-9-25-17/h3-6,9-10,13H,7-8,11-12H2,1-2H3. The predicted octanol–water partition coefficient (Wildman–Crippen LogP) is 3.73. The summed E-state index contributed by atoms with van der Waals surface area (Å²) < 4.78 is 5.35. The number of carbonyl (C=O) groups is 1. The number of aryl methyl sites for hydroxylation is 1. The Labute approximate surface area is 156 Å². The summed E-state index contributed by atoms with van der Waals surface area (Å²) in [6, 6.07) is 10.1. The Morgan fingerprint density at radius 3 is 3.00 bits per heavy atom. The molecule has 26 heavy (non-hydrogen) atoms. The van der Waals surface area contributed by atoms with Gasteiger partial charge >= 0.3 is 0 Å². The number of thiazole rings is 1. The topological polar surface area (TPSA) is 49.6 Å². The molecule has 0 spiro atoms. The van der Waals surface area contributed by atoms with Gasteiger partial charge in [0.15, 0.2) is 0 Å². The van der Waals surface area contributed by atoms with Crippen molar-refractivity contribution in [3.8, 4) is 11.3 Å². The van der Waals surface area contributed by atoms with E-state index in [9.17, 15) is 4.79 Å². The molecule has 1 aliphatic heterocycles. The van der Waals surface area contributed by atoms with Gasteiger partial charge in [-0.25, -0.2) is 4.98 Å². The van der Waals surface area contributed by atoms with Gasteiger partial charge in [-0.1, -0.05) is 6.07 Å². The largest absolute Gasteiger partial charge is 0.468 e. The summed E-state index contributed by atoms with van der Waals surface area (Å²) in [6.07, 6.45) is 2.54. The fraction of sp³-hybridized carbons (Fsp3) is 0.300. The predicted molar refractivity (Wildman–Crippen MR) is 103 cm³/mol. The van der Waals surface area contributed by atoms with E-state index in [4.69, 9.17) is 4.42 Å². The maximum Gasteiger partial charge on any atom is 0.241 e. The minimum Gasteiger partial charge on any atom is -0.468 e. The van der Waals surface area contributed by atoms with Crippen LogP contribution in [0.2, 0.25) is 0 Å². The third-order valence-electron chi connectivity index (χ3n) is 4.60. The summed E-state index contributed by atoms with van der Waals surface area (Å²) in [5, 5.41) is 3.15. The first kappa shape index (κ1) is 17.0. The number of benzene rings is 1. The highest BCUT2D eigenvalue weighted by Gasteiger charge is 2.25. The van der Waals surface area contributed by atoms with Crippen LogP contribution in [-0.2, 0) is 17.8 Å². The minimum absolute atomic E-state index is 0.120. The minimum atomic E-state index is 0.120. The number of hydrogen-bond donors (Lipinski definition) is 0. The van der Waals surface area contributed by atoms with E-state index in [1.54, 1.807) is 17.6 Å². The molecule has 1 aromatic carbocycles. The van der Waals surface area contributed by atoms with Crippen LogP contribution in [0.5, 0.6) is 0 Å². The highest BCUT2D eigenvalue weighted by atomic mass is 32.1. The molecule has 134 valence electrons. The molecule has 0 N–H and O–H groups in total. The molecule has 0 atom stereocenters. The lowest BCUT2D eigenvalue weighted by Crippen LogP contribution is -2.37. The Kier molecular flexibility index (Phi) is 4.61. The third-order valence-corrected chi connectivity index (χ3v) is 5.38. The summed E-state index contributed by atoms with van der Waals surface area (Å²) in [5.41, 5.74) is 4.38. The highest BCUT2D eigenvalue weighted by molar-refractivity contribution is 7.09. The number of anilines is 1. The number of amides is 1. The van der Waals surface area contributed by atoms with Crippen LogP contribution in [0.1, 0.15) is 16.3 Å². The Balaban J connectivity index is 1.46. The SMILES string of the molecule is Cc1nc(-c2ccc3c(c2)CCN3C(=O)CN(C)Cc2ccco2)cs1. The maximum atomic E-state index is 12.7. The van der Waals surface area contributed by atoms with Crippen molar-refractivity contribution in [3.05, 3.63) is 58.3 Å². The monoisotopic (exact) mass is 367 g/mol. The Morgan fingerprint density at radius 1 is 1.38 bits per heavy atom. The fourth-order valence-electron chi connectivity index (χ4n) is 3.36. The van der Waals surface area contributed by atoms with Gasteiger partial charge in [-0.15, -0.1) is 11.3 Å². The van der Waals surface area contributed by atoms with E-state index in [0.717, 1.165) is 40.7 Å². The summed E-state index contributed by atoms with van der Waals surface area (Å²) in [5.74, 6) is 0.986. The molecule has 1 amide bonds. The van der Waals surface area contributed by atoms with Gasteiger partial charge in [0.25, 0.3) is 0 Å². The van der Waals surface area contributed by atoms with Crippen LogP contribution < -0.4 is 4.90 Å². The molecule has 3 heterocycles. The fourth-order valence-corrected chi connectivity index (χ4v) is 3.98. The van der Waals surface area contributed by atoms with E-state index in [1.165, 1.54) is 5.56 Å². The van der Waals surface area contributed by atoms with E-state index < -0.39 is 0 Å². The summed E-state index contributed by atoms with van der Waals surface area (Å²) >= 11 is 1.66. The molecule has 0 saturated carbocycles. The van der Waals surface area contributed by atoms with Crippen LogP contribution in [0.25, 0.3) is 11.3 Å². The highest BCUT2D eigenvalue weighted by Crippen LogP contribution is 2.32. The van der Waals surface area contributed by atoms with Crippen molar-refractivity contribution in [2.24, 2.45) is 0 Å². The number of furan rings is 1. The van der Waals surface area contributed by atoms with Crippen LogP contribution in [0.3, 0.4) is 0 Å². The second kappa shape index (κ2) is 7.05. The molecule has 0 saturated heterocycles. The van der Waals surface area contributed by atoms with Gasteiger partial charge in [-0.2, -0.15) is 0 Å². The number of carbonyl (C=O) groups excluding carboxylic acids is 1. The van der Waals surface area contributed by atoms with Crippen molar-refractivity contribution in [1.82, 2.24) is 9.88 Å². The van der Waals surface area contributed by atoms with E-state index >= 15 is 0 Å². The van der Waals surface area contributed by atoms with Crippen molar-refractivity contribution in [2.45, 2.75) is 19.9 Å². The van der Waals surface area contributed by atoms with Crippen molar-refractivity contribution in [2.75, 3.05) is 25.0 Å².